The van der Waals surface area contributed by atoms with Gasteiger partial charge in [-0.15, -0.1) is 0 Å². The van der Waals surface area contributed by atoms with Crippen molar-refractivity contribution in [2.24, 2.45) is 0 Å². The van der Waals surface area contributed by atoms with Crippen LogP contribution >= 0.6 is 0 Å². The second-order valence-electron chi connectivity index (χ2n) is 29.0. The number of ether oxygens (including phenoxy) is 4. The highest BCUT2D eigenvalue weighted by Crippen LogP contribution is 2.47. The number of hydrogen-bond acceptors (Lipinski definition) is 12. The van der Waals surface area contributed by atoms with Crippen LogP contribution < -0.4 is 0 Å². The van der Waals surface area contributed by atoms with Crippen LogP contribution in [0.15, 0.2) is 224 Å². The lowest BCUT2D eigenvalue weighted by atomic mass is 9.96. The second-order valence-corrected chi connectivity index (χ2v) is 29.0. The number of cyclic esters (lactones) is 4. The number of fused-ring (bicyclic) bond motifs is 4. The lowest BCUT2D eigenvalue weighted by molar-refractivity contribution is -0.130. The third-order valence-electron chi connectivity index (χ3n) is 21.9. The van der Waals surface area contributed by atoms with Gasteiger partial charge in [0.1, 0.15) is 26.4 Å². The predicted octanol–water partition coefficient (Wildman–Crippen LogP) is 18.2. The Morgan fingerprint density at radius 3 is 0.896 bits per heavy atom. The molecular formula is C90H98N4O12. The van der Waals surface area contributed by atoms with Crippen molar-refractivity contribution in [3.05, 3.63) is 291 Å². The third kappa shape index (κ3) is 17.5. The summed E-state index contributed by atoms with van der Waals surface area (Å²) in [5.41, 5.74) is 15.5. The molecule has 16 nitrogen and oxygen atoms in total. The molecule has 0 N–H and O–H groups in total. The van der Waals surface area contributed by atoms with Crippen LogP contribution in [0.5, 0.6) is 0 Å². The lowest BCUT2D eigenvalue weighted by Gasteiger charge is -2.21. The molecule has 11 atom stereocenters. The molecule has 0 bridgehead atoms. The Hall–Kier alpha value is -10.7. The van der Waals surface area contributed by atoms with Gasteiger partial charge in [-0.1, -0.05) is 261 Å². The van der Waals surface area contributed by atoms with Gasteiger partial charge in [-0.05, 0) is 165 Å². The van der Waals surface area contributed by atoms with E-state index in [-0.39, 0.29) is 107 Å². The highest BCUT2D eigenvalue weighted by Gasteiger charge is 2.44. The van der Waals surface area contributed by atoms with Crippen molar-refractivity contribution in [1.82, 2.24) is 19.6 Å². The maximum absolute atomic E-state index is 13.0. The van der Waals surface area contributed by atoms with Gasteiger partial charge in [-0.25, -0.2) is 38.8 Å². The summed E-state index contributed by atoms with van der Waals surface area (Å²) >= 11 is 0. The summed E-state index contributed by atoms with van der Waals surface area (Å²) in [7, 11) is 0. The molecule has 16 heteroatoms. The normalized spacial score (nSPS) is 23.7. The first-order chi connectivity index (χ1) is 50.5. The number of rotatable bonds is 15. The van der Waals surface area contributed by atoms with Crippen LogP contribution in [0.3, 0.4) is 0 Å². The molecule has 4 saturated heterocycles. The van der Waals surface area contributed by atoms with Crippen molar-refractivity contribution >= 4 is 53.6 Å². The van der Waals surface area contributed by atoms with Crippen molar-refractivity contribution in [2.45, 2.75) is 179 Å². The van der Waals surface area contributed by atoms with Crippen LogP contribution in [-0.4, -0.2) is 118 Å². The topological polar surface area (TPSA) is 186 Å². The monoisotopic (exact) mass is 1430 g/mol. The summed E-state index contributed by atoms with van der Waals surface area (Å²) in [5, 5.41) is 0. The molecule has 8 aromatic rings. The van der Waals surface area contributed by atoms with Gasteiger partial charge in [0.25, 0.3) is 5.91 Å². The van der Waals surface area contributed by atoms with Gasteiger partial charge < -0.3 is 18.9 Å². The number of allylic oxidation sites excluding steroid dienone is 1. The quantitative estimate of drug-likeness (QED) is 0.0699. The average Bonchev–Trinajstić information content (AvgIpc) is 1.66. The second kappa shape index (κ2) is 34.9. The minimum Gasteiger partial charge on any atom is -0.447 e. The molecule has 0 aromatic heterocycles. The summed E-state index contributed by atoms with van der Waals surface area (Å²) in [4.78, 5) is 106. The van der Waals surface area contributed by atoms with E-state index in [2.05, 4.69) is 70.2 Å². The zero-order valence-electron chi connectivity index (χ0n) is 59.5. The SMILES string of the molecule is C.C.C[C@H]1C/C(=C\C(=O)N2C(=O)OC[C@@H]2Cc2ccccc2)c2ccccc21.C[C@H]1C[C@@H](CC(=O)N2C(=O)OC[C@@H]2Cc2ccccc2)c2ccccc21.C[C@H]1C[C@H](CC(=O)N2C(=O)OC[C@@H]2Cc2ccccc2)c2ccccc21.C[C@H]1C[C@H](CC(=O)N2C(=O)OC[C@@H]2Cc2ccccc2)c2ccccc21. The Morgan fingerprint density at radius 2 is 0.585 bits per heavy atom. The van der Waals surface area contributed by atoms with E-state index in [1.165, 1.54) is 58.5 Å². The van der Waals surface area contributed by atoms with Gasteiger partial charge in [-0.3, -0.25) is 19.2 Å². The first-order valence-electron chi connectivity index (χ1n) is 36.7. The van der Waals surface area contributed by atoms with Crippen LogP contribution in [0.1, 0.15) is 196 Å². The summed E-state index contributed by atoms with van der Waals surface area (Å²) in [6, 6.07) is 71.9. The maximum atomic E-state index is 13.0. The standard InChI is InChI=1S/3C22H23NO3.C22H21NO3.2CH4/c4*1-15-11-17(20-10-6-5-9-19(15)20)13-21(24)23-18(14-26-22(23)25)12-16-7-3-2-4-8-16;;/h3*2-10,15,17-18H,11-14H2,1H3;2-10,13,15,18H,11-12,14H2,1H3;2*1H4/b;;;17-13+;;/t2*15-,17+,18-;15-,17-,18-;15-,18-;;/m0000../s1. The fourth-order valence-electron chi connectivity index (χ4n) is 16.8. The number of carbonyl (C=O) groups is 8. The lowest BCUT2D eigenvalue weighted by Crippen LogP contribution is -2.40. The third-order valence-corrected chi connectivity index (χ3v) is 21.9. The van der Waals surface area contributed by atoms with Gasteiger partial charge in [0.2, 0.25) is 17.7 Å². The fourth-order valence-corrected chi connectivity index (χ4v) is 16.8. The van der Waals surface area contributed by atoms with Gasteiger partial charge in [0.15, 0.2) is 0 Å². The average molecular weight is 1430 g/mol. The largest absolute Gasteiger partial charge is 0.447 e. The molecule has 16 rings (SSSR count). The number of imide groups is 4. The fraction of sp³-hybridized carbons (Fsp3) is 0.356. The molecular weight excluding hydrogens is 1330 g/mol. The first kappa shape index (κ1) is 76.4. The molecule has 0 unspecified atom stereocenters. The molecule has 106 heavy (non-hydrogen) atoms. The van der Waals surface area contributed by atoms with Crippen molar-refractivity contribution in [2.75, 3.05) is 26.4 Å². The zero-order valence-corrected chi connectivity index (χ0v) is 59.5. The van der Waals surface area contributed by atoms with E-state index >= 15 is 0 Å². The number of benzene rings is 8. The summed E-state index contributed by atoms with van der Waals surface area (Å²) in [5.74, 6) is 1.63. The number of hydrogen-bond donors (Lipinski definition) is 0. The zero-order chi connectivity index (χ0) is 72.4. The number of amides is 8. The van der Waals surface area contributed by atoms with E-state index < -0.39 is 24.4 Å². The van der Waals surface area contributed by atoms with Crippen LogP contribution in [0.2, 0.25) is 0 Å². The molecule has 0 saturated carbocycles. The van der Waals surface area contributed by atoms with Gasteiger partial charge in [-0.2, -0.15) is 0 Å². The first-order valence-corrected chi connectivity index (χ1v) is 36.7. The molecule has 8 aromatic carbocycles. The molecule has 4 aliphatic carbocycles. The Kier molecular flexibility index (Phi) is 25.2. The van der Waals surface area contributed by atoms with Crippen molar-refractivity contribution < 1.29 is 57.3 Å². The molecule has 8 amide bonds. The van der Waals surface area contributed by atoms with Gasteiger partial charge >= 0.3 is 24.4 Å². The minimum atomic E-state index is -0.549. The van der Waals surface area contributed by atoms with E-state index in [0.29, 0.717) is 68.6 Å². The molecule has 550 valence electrons. The number of carbonyl (C=O) groups excluding carboxylic acids is 8. The Bertz CT molecular complexity index is 4120. The predicted molar refractivity (Wildman–Crippen MR) is 410 cm³/mol. The highest BCUT2D eigenvalue weighted by atomic mass is 16.6. The molecule has 4 aliphatic heterocycles. The highest BCUT2D eigenvalue weighted by molar-refractivity contribution is 6.04. The van der Waals surface area contributed by atoms with E-state index in [1.54, 1.807) is 6.08 Å². The van der Waals surface area contributed by atoms with Crippen molar-refractivity contribution in [3.8, 4) is 0 Å². The van der Waals surface area contributed by atoms with E-state index in [0.717, 1.165) is 59.1 Å². The molecule has 0 spiro atoms. The van der Waals surface area contributed by atoms with E-state index in [1.807, 2.05) is 176 Å². The summed E-state index contributed by atoms with van der Waals surface area (Å²) in [6.45, 7) is 9.83. The molecule has 8 aliphatic rings. The van der Waals surface area contributed by atoms with Crippen molar-refractivity contribution in [1.29, 1.82) is 0 Å². The summed E-state index contributed by atoms with van der Waals surface area (Å²) < 4.78 is 20.7. The maximum Gasteiger partial charge on any atom is 0.417 e. The van der Waals surface area contributed by atoms with Crippen LogP contribution in [-0.2, 0) is 63.8 Å². The molecule has 0 radical (unpaired) electrons. The Morgan fingerprint density at radius 1 is 0.330 bits per heavy atom. The van der Waals surface area contributed by atoms with Crippen molar-refractivity contribution in [3.63, 3.8) is 0 Å². The van der Waals surface area contributed by atoms with Gasteiger partial charge in [0.05, 0.1) is 24.2 Å². The molecule has 4 heterocycles. The molecule has 4 fully saturated rings. The van der Waals surface area contributed by atoms with Crippen LogP contribution in [0.25, 0.3) is 5.57 Å². The van der Waals surface area contributed by atoms with Crippen LogP contribution in [0.4, 0.5) is 19.2 Å². The van der Waals surface area contributed by atoms with E-state index in [4.69, 9.17) is 18.9 Å². The Balaban J connectivity index is 0.000000140. The smallest absolute Gasteiger partial charge is 0.417 e. The Labute approximate surface area is 623 Å². The van der Waals surface area contributed by atoms with Crippen LogP contribution in [0, 0.1) is 0 Å². The summed E-state index contributed by atoms with van der Waals surface area (Å²) in [6.07, 6.45) is 6.84. The van der Waals surface area contributed by atoms with E-state index in [9.17, 15) is 38.4 Å². The number of nitrogens with zero attached hydrogens (tertiary/aromatic N) is 4. The van der Waals surface area contributed by atoms with Gasteiger partial charge in [0, 0.05) is 25.3 Å². The minimum absolute atomic E-state index is 0.